The standard InChI is InChI=1S/C14H15Cl2N3O/c15-11-4-3-9(12(16)7-11)6-13-18-14(20-19-13)10-2-1-5-17-8-10/h3-4,7,10,17H,1-2,5-6,8H2. The number of halogens is 2. The summed E-state index contributed by atoms with van der Waals surface area (Å²) in [5, 5.41) is 8.64. The van der Waals surface area contributed by atoms with E-state index in [2.05, 4.69) is 15.5 Å². The van der Waals surface area contributed by atoms with Crippen LogP contribution < -0.4 is 5.32 Å². The van der Waals surface area contributed by atoms with Crippen molar-refractivity contribution in [2.24, 2.45) is 0 Å². The fraction of sp³-hybridized carbons (Fsp3) is 0.429. The van der Waals surface area contributed by atoms with Gasteiger partial charge in [-0.25, -0.2) is 0 Å². The van der Waals surface area contributed by atoms with Crippen molar-refractivity contribution in [1.82, 2.24) is 15.5 Å². The van der Waals surface area contributed by atoms with Gasteiger partial charge >= 0.3 is 0 Å². The van der Waals surface area contributed by atoms with Gasteiger partial charge in [0.1, 0.15) is 0 Å². The molecular weight excluding hydrogens is 297 g/mol. The van der Waals surface area contributed by atoms with Crippen LogP contribution in [0.4, 0.5) is 0 Å². The fourth-order valence-corrected chi connectivity index (χ4v) is 2.88. The summed E-state index contributed by atoms with van der Waals surface area (Å²) >= 11 is 12.0. The Kier molecular flexibility index (Phi) is 4.24. The van der Waals surface area contributed by atoms with Crippen LogP contribution in [0.15, 0.2) is 22.7 Å². The SMILES string of the molecule is Clc1ccc(Cc2noc(C3CCCNC3)n2)c(Cl)c1. The van der Waals surface area contributed by atoms with Gasteiger partial charge in [-0.1, -0.05) is 34.4 Å². The molecule has 1 fully saturated rings. The first-order valence-electron chi connectivity index (χ1n) is 6.69. The van der Waals surface area contributed by atoms with Gasteiger partial charge in [-0.2, -0.15) is 4.98 Å². The van der Waals surface area contributed by atoms with Crippen molar-refractivity contribution < 1.29 is 4.52 Å². The third-order valence-corrected chi connectivity index (χ3v) is 4.08. The smallest absolute Gasteiger partial charge is 0.231 e. The number of piperidine rings is 1. The lowest BCUT2D eigenvalue weighted by Gasteiger charge is -2.18. The summed E-state index contributed by atoms with van der Waals surface area (Å²) in [5.74, 6) is 1.71. The number of nitrogens with zero attached hydrogens (tertiary/aromatic N) is 2. The molecule has 1 atom stereocenters. The Bertz CT molecular complexity index is 594. The molecule has 4 nitrogen and oxygen atoms in total. The Labute approximate surface area is 127 Å². The van der Waals surface area contributed by atoms with Crippen molar-refractivity contribution in [3.63, 3.8) is 0 Å². The van der Waals surface area contributed by atoms with Crippen molar-refractivity contribution in [3.05, 3.63) is 45.5 Å². The number of nitrogens with one attached hydrogen (secondary N) is 1. The maximum atomic E-state index is 6.15. The summed E-state index contributed by atoms with van der Waals surface area (Å²) in [6.07, 6.45) is 2.79. The average molecular weight is 312 g/mol. The van der Waals surface area contributed by atoms with Crippen LogP contribution in [0.1, 0.15) is 36.0 Å². The normalized spacial score (nSPS) is 19.2. The fourth-order valence-electron chi connectivity index (χ4n) is 2.40. The van der Waals surface area contributed by atoms with Gasteiger partial charge in [-0.3, -0.25) is 0 Å². The van der Waals surface area contributed by atoms with Crippen LogP contribution in [-0.4, -0.2) is 23.2 Å². The molecule has 1 unspecified atom stereocenters. The molecule has 2 aromatic rings. The van der Waals surface area contributed by atoms with Gasteiger partial charge < -0.3 is 9.84 Å². The molecule has 0 amide bonds. The van der Waals surface area contributed by atoms with E-state index in [1.165, 1.54) is 0 Å². The Morgan fingerprint density at radius 2 is 2.25 bits per heavy atom. The van der Waals surface area contributed by atoms with Crippen molar-refractivity contribution in [1.29, 1.82) is 0 Å². The molecule has 6 heteroatoms. The number of hydrogen-bond donors (Lipinski definition) is 1. The molecule has 1 aromatic carbocycles. The second-order valence-electron chi connectivity index (χ2n) is 5.00. The molecule has 0 aliphatic carbocycles. The van der Waals surface area contributed by atoms with Crippen LogP contribution in [0, 0.1) is 0 Å². The Hall–Kier alpha value is -1.10. The zero-order valence-corrected chi connectivity index (χ0v) is 12.4. The molecule has 0 spiro atoms. The van der Waals surface area contributed by atoms with Gasteiger partial charge in [0.05, 0.1) is 5.92 Å². The molecule has 2 heterocycles. The van der Waals surface area contributed by atoms with Crippen LogP contribution in [-0.2, 0) is 6.42 Å². The number of benzene rings is 1. The lowest BCUT2D eigenvalue weighted by Crippen LogP contribution is -2.28. The zero-order chi connectivity index (χ0) is 13.9. The van der Waals surface area contributed by atoms with Crippen LogP contribution in [0.3, 0.4) is 0 Å². The minimum atomic E-state index is 0.325. The van der Waals surface area contributed by atoms with Gasteiger partial charge in [0.25, 0.3) is 0 Å². The Morgan fingerprint density at radius 3 is 3.00 bits per heavy atom. The monoisotopic (exact) mass is 311 g/mol. The number of hydrogen-bond acceptors (Lipinski definition) is 4. The summed E-state index contributed by atoms with van der Waals surface area (Å²) in [6, 6.07) is 5.43. The predicted octanol–water partition coefficient (Wildman–Crippen LogP) is 3.43. The topological polar surface area (TPSA) is 51.0 Å². The zero-order valence-electron chi connectivity index (χ0n) is 10.9. The van der Waals surface area contributed by atoms with Crippen LogP contribution in [0.5, 0.6) is 0 Å². The van der Waals surface area contributed by atoms with E-state index in [-0.39, 0.29) is 0 Å². The highest BCUT2D eigenvalue weighted by atomic mass is 35.5. The quantitative estimate of drug-likeness (QED) is 0.943. The second-order valence-corrected chi connectivity index (χ2v) is 5.85. The van der Waals surface area contributed by atoms with Crippen LogP contribution in [0.25, 0.3) is 0 Å². The summed E-state index contributed by atoms with van der Waals surface area (Å²) < 4.78 is 5.37. The first kappa shape index (κ1) is 13.9. The van der Waals surface area contributed by atoms with Crippen molar-refractivity contribution in [2.75, 3.05) is 13.1 Å². The maximum Gasteiger partial charge on any atom is 0.231 e. The Morgan fingerprint density at radius 1 is 1.35 bits per heavy atom. The lowest BCUT2D eigenvalue weighted by molar-refractivity contribution is 0.320. The molecule has 1 N–H and O–H groups in total. The van der Waals surface area contributed by atoms with E-state index in [0.29, 0.717) is 28.2 Å². The van der Waals surface area contributed by atoms with E-state index in [1.54, 1.807) is 6.07 Å². The molecule has 1 aliphatic rings. The molecular formula is C14H15Cl2N3O. The second kappa shape index (κ2) is 6.12. The average Bonchev–Trinajstić information content (AvgIpc) is 2.92. The lowest BCUT2D eigenvalue weighted by atomic mass is 10.00. The summed E-state index contributed by atoms with van der Waals surface area (Å²) in [6.45, 7) is 1.97. The minimum absolute atomic E-state index is 0.325. The van der Waals surface area contributed by atoms with E-state index < -0.39 is 0 Å². The minimum Gasteiger partial charge on any atom is -0.339 e. The van der Waals surface area contributed by atoms with Crippen molar-refractivity contribution in [3.8, 4) is 0 Å². The largest absolute Gasteiger partial charge is 0.339 e. The third-order valence-electron chi connectivity index (χ3n) is 3.49. The van der Waals surface area contributed by atoms with E-state index in [4.69, 9.17) is 27.7 Å². The number of aromatic nitrogens is 2. The highest BCUT2D eigenvalue weighted by Gasteiger charge is 2.21. The van der Waals surface area contributed by atoms with Crippen molar-refractivity contribution >= 4 is 23.2 Å². The van der Waals surface area contributed by atoms with Gasteiger partial charge in [0.15, 0.2) is 5.82 Å². The highest BCUT2D eigenvalue weighted by Crippen LogP contribution is 2.25. The van der Waals surface area contributed by atoms with Crippen molar-refractivity contribution in [2.45, 2.75) is 25.2 Å². The molecule has 1 aliphatic heterocycles. The van der Waals surface area contributed by atoms with E-state index in [9.17, 15) is 0 Å². The molecule has 1 saturated heterocycles. The first-order chi connectivity index (χ1) is 9.72. The summed E-state index contributed by atoms with van der Waals surface area (Å²) in [7, 11) is 0. The van der Waals surface area contributed by atoms with Crippen LogP contribution >= 0.6 is 23.2 Å². The number of rotatable bonds is 3. The Balaban J connectivity index is 1.73. The van der Waals surface area contributed by atoms with E-state index >= 15 is 0 Å². The summed E-state index contributed by atoms with van der Waals surface area (Å²) in [5.41, 5.74) is 0.949. The van der Waals surface area contributed by atoms with Crippen LogP contribution in [0.2, 0.25) is 10.0 Å². The van der Waals surface area contributed by atoms with Gasteiger partial charge in [0, 0.05) is 23.0 Å². The van der Waals surface area contributed by atoms with Gasteiger partial charge in [-0.05, 0) is 37.1 Å². The molecule has 1 aromatic heterocycles. The molecule has 20 heavy (non-hydrogen) atoms. The van der Waals surface area contributed by atoms with Gasteiger partial charge in [-0.15, -0.1) is 0 Å². The van der Waals surface area contributed by atoms with E-state index in [0.717, 1.165) is 37.4 Å². The molecule has 3 rings (SSSR count). The maximum absolute atomic E-state index is 6.15. The first-order valence-corrected chi connectivity index (χ1v) is 7.45. The summed E-state index contributed by atoms with van der Waals surface area (Å²) in [4.78, 5) is 4.48. The molecule has 0 radical (unpaired) electrons. The highest BCUT2D eigenvalue weighted by molar-refractivity contribution is 6.35. The predicted molar refractivity (Wildman–Crippen MR) is 78.4 cm³/mol. The van der Waals surface area contributed by atoms with E-state index in [1.807, 2.05) is 12.1 Å². The molecule has 0 saturated carbocycles. The van der Waals surface area contributed by atoms with Gasteiger partial charge in [0.2, 0.25) is 5.89 Å². The third kappa shape index (κ3) is 3.14. The molecule has 106 valence electrons. The molecule has 0 bridgehead atoms.